The zero-order valence-corrected chi connectivity index (χ0v) is 28.8. The monoisotopic (exact) mass is 664 g/mol. The standard InChI is InChI=1S/C20H44O12P4S2/c1-9-25-33(21,26-10-2)17-19(18-34(22,27-11-3)28-12-4)37-20(38-19,35(23,29-13-5)30-14-6)36(24,31-15-7)32-16-8/h9-18H2,1-8H3. The molecular formula is C20H44O12P4S2. The smallest absolute Gasteiger partial charge is 0.309 e. The molecule has 18 heteroatoms. The van der Waals surface area contributed by atoms with Crippen molar-refractivity contribution < 1.29 is 54.5 Å². The van der Waals surface area contributed by atoms with E-state index in [2.05, 4.69) is 0 Å². The molecule has 0 aliphatic carbocycles. The topological polar surface area (TPSA) is 142 Å². The lowest BCUT2D eigenvalue weighted by atomic mass is 10.5. The first kappa shape index (κ1) is 37.3. The van der Waals surface area contributed by atoms with Gasteiger partial charge in [0, 0.05) is 0 Å². The van der Waals surface area contributed by atoms with Gasteiger partial charge in [-0.3, -0.25) is 18.3 Å². The predicted molar refractivity (Wildman–Crippen MR) is 154 cm³/mol. The first-order chi connectivity index (χ1) is 17.8. The summed E-state index contributed by atoms with van der Waals surface area (Å²) in [7, 11) is -16.0. The van der Waals surface area contributed by atoms with Crippen LogP contribution < -0.4 is 0 Å². The van der Waals surface area contributed by atoms with E-state index in [1.165, 1.54) is 0 Å². The molecule has 1 aliphatic heterocycles. The van der Waals surface area contributed by atoms with Crippen LogP contribution in [-0.2, 0) is 54.5 Å². The molecule has 1 heterocycles. The molecule has 0 radical (unpaired) electrons. The molecule has 0 saturated carbocycles. The van der Waals surface area contributed by atoms with E-state index in [4.69, 9.17) is 36.2 Å². The second-order valence-corrected chi connectivity index (χ2v) is 21.3. The molecule has 38 heavy (non-hydrogen) atoms. The van der Waals surface area contributed by atoms with Crippen molar-refractivity contribution in [2.24, 2.45) is 0 Å². The van der Waals surface area contributed by atoms with Crippen molar-refractivity contribution in [1.82, 2.24) is 0 Å². The van der Waals surface area contributed by atoms with E-state index in [0.717, 1.165) is 23.5 Å². The SMILES string of the molecule is CCOP(=O)(CC1(CP(=O)(OCC)OCC)SC(P(=O)(OCC)OCC)(P(=O)(OCC)OCC)S1)OCC. The Kier molecular flexibility index (Phi) is 15.9. The summed E-state index contributed by atoms with van der Waals surface area (Å²) in [4.78, 5) is 0. The van der Waals surface area contributed by atoms with Crippen molar-refractivity contribution in [3.05, 3.63) is 0 Å². The van der Waals surface area contributed by atoms with Crippen molar-refractivity contribution >= 4 is 53.9 Å². The van der Waals surface area contributed by atoms with Gasteiger partial charge >= 0.3 is 30.4 Å². The lowest BCUT2D eigenvalue weighted by Gasteiger charge is -2.56. The van der Waals surface area contributed by atoms with Gasteiger partial charge in [0.1, 0.15) is 0 Å². The first-order valence-electron chi connectivity index (χ1n) is 12.8. The Bertz CT molecular complexity index is 808. The summed E-state index contributed by atoms with van der Waals surface area (Å²) in [6.45, 7) is 13.5. The zero-order valence-electron chi connectivity index (χ0n) is 23.6. The van der Waals surface area contributed by atoms with Crippen molar-refractivity contribution in [3.63, 3.8) is 0 Å². The lowest BCUT2D eigenvalue weighted by Crippen LogP contribution is -2.50. The summed E-state index contributed by atoms with van der Waals surface area (Å²) in [6.07, 6.45) is -0.557. The third-order valence-electron chi connectivity index (χ3n) is 4.70. The van der Waals surface area contributed by atoms with Gasteiger partial charge in [0.2, 0.25) is 0 Å². The van der Waals surface area contributed by atoms with Gasteiger partial charge in [-0.1, -0.05) is 23.5 Å². The molecule has 0 spiro atoms. The number of hydrogen-bond donors (Lipinski definition) is 0. The Morgan fingerprint density at radius 2 is 0.684 bits per heavy atom. The van der Waals surface area contributed by atoms with Crippen LogP contribution in [0.5, 0.6) is 0 Å². The average Bonchev–Trinajstić information content (AvgIpc) is 2.78. The Labute approximate surface area is 236 Å². The first-order valence-corrected chi connectivity index (χ1v) is 20.9. The molecule has 12 nitrogen and oxygen atoms in total. The van der Waals surface area contributed by atoms with Gasteiger partial charge in [0.25, 0.3) is 3.56 Å². The van der Waals surface area contributed by atoms with E-state index < -0.39 is 38.0 Å². The zero-order chi connectivity index (χ0) is 29.1. The molecule has 1 rings (SSSR count). The number of rotatable bonds is 22. The summed E-state index contributed by atoms with van der Waals surface area (Å²) in [5, 5.41) is 0. The second kappa shape index (κ2) is 16.2. The van der Waals surface area contributed by atoms with Crippen LogP contribution in [0.1, 0.15) is 55.4 Å². The van der Waals surface area contributed by atoms with Gasteiger partial charge in [-0.15, -0.1) is 0 Å². The Hall–Kier alpha value is 1.30. The molecule has 228 valence electrons. The van der Waals surface area contributed by atoms with Gasteiger partial charge in [0.05, 0.1) is 69.3 Å². The van der Waals surface area contributed by atoms with Crippen molar-refractivity contribution in [3.8, 4) is 0 Å². The highest BCUT2D eigenvalue weighted by Crippen LogP contribution is 2.95. The third kappa shape index (κ3) is 8.67. The maximum atomic E-state index is 14.4. The highest BCUT2D eigenvalue weighted by molar-refractivity contribution is 8.46. The number of hydrogen-bond acceptors (Lipinski definition) is 14. The highest BCUT2D eigenvalue weighted by Gasteiger charge is 2.79. The lowest BCUT2D eigenvalue weighted by molar-refractivity contribution is 0.198. The van der Waals surface area contributed by atoms with Crippen LogP contribution in [0.25, 0.3) is 0 Å². The molecule has 0 aromatic rings. The van der Waals surface area contributed by atoms with Crippen LogP contribution in [0.15, 0.2) is 0 Å². The van der Waals surface area contributed by atoms with Crippen molar-refractivity contribution in [2.75, 3.05) is 65.2 Å². The van der Waals surface area contributed by atoms with Gasteiger partial charge in [-0.2, -0.15) is 0 Å². The summed E-state index contributed by atoms with van der Waals surface area (Å²) < 4.78 is 97.7. The van der Waals surface area contributed by atoms with Gasteiger partial charge in [0.15, 0.2) is 0 Å². The van der Waals surface area contributed by atoms with Crippen LogP contribution >= 0.6 is 53.9 Å². The molecule has 0 N–H and O–H groups in total. The molecule has 0 atom stereocenters. The van der Waals surface area contributed by atoms with Crippen LogP contribution in [0.3, 0.4) is 0 Å². The van der Waals surface area contributed by atoms with Gasteiger partial charge in [-0.05, 0) is 55.4 Å². The van der Waals surface area contributed by atoms with Crippen LogP contribution in [0.4, 0.5) is 0 Å². The third-order valence-corrected chi connectivity index (χ3v) is 21.9. The van der Waals surface area contributed by atoms with E-state index in [0.29, 0.717) is 0 Å². The van der Waals surface area contributed by atoms with E-state index in [-0.39, 0.29) is 65.2 Å². The second-order valence-electron chi connectivity index (χ2n) is 7.54. The largest absolute Gasteiger partial charge is 0.369 e. The molecule has 0 amide bonds. The van der Waals surface area contributed by atoms with E-state index in [9.17, 15) is 18.3 Å². The molecule has 1 aliphatic rings. The van der Waals surface area contributed by atoms with E-state index in [1.807, 2.05) is 0 Å². The van der Waals surface area contributed by atoms with Crippen LogP contribution in [0, 0.1) is 0 Å². The Morgan fingerprint density at radius 3 is 0.895 bits per heavy atom. The van der Waals surface area contributed by atoms with Gasteiger partial charge < -0.3 is 36.2 Å². The molecule has 0 unspecified atom stereocenters. The molecule has 1 fully saturated rings. The normalized spacial score (nSPS) is 17.9. The van der Waals surface area contributed by atoms with E-state index >= 15 is 0 Å². The average molecular weight is 665 g/mol. The fraction of sp³-hybridized carbons (Fsp3) is 1.00. The van der Waals surface area contributed by atoms with E-state index in [1.54, 1.807) is 55.4 Å². The fourth-order valence-corrected chi connectivity index (χ4v) is 22.7. The maximum absolute atomic E-state index is 14.4. The molecule has 0 aromatic carbocycles. The molecule has 0 bridgehead atoms. The summed E-state index contributed by atoms with van der Waals surface area (Å²) in [6, 6.07) is 0. The number of thioether (sulfide) groups is 2. The van der Waals surface area contributed by atoms with Crippen LogP contribution in [-0.4, -0.2) is 72.8 Å². The fourth-order valence-electron chi connectivity index (χ4n) is 3.76. The molecular weight excluding hydrogens is 620 g/mol. The molecule has 1 saturated heterocycles. The minimum absolute atomic E-state index is 0.0157. The quantitative estimate of drug-likeness (QED) is 0.104. The summed E-state index contributed by atoms with van der Waals surface area (Å²) in [5.41, 5.74) is 0. The Balaban J connectivity index is 3.84. The summed E-state index contributed by atoms with van der Waals surface area (Å²) in [5.74, 6) is 0. The minimum atomic E-state index is -4.24. The predicted octanol–water partition coefficient (Wildman–Crippen LogP) is 7.84. The molecule has 0 aromatic heterocycles. The van der Waals surface area contributed by atoms with Crippen molar-refractivity contribution in [1.29, 1.82) is 0 Å². The van der Waals surface area contributed by atoms with Gasteiger partial charge in [-0.25, -0.2) is 0 Å². The Morgan fingerprint density at radius 1 is 0.447 bits per heavy atom. The van der Waals surface area contributed by atoms with Crippen molar-refractivity contribution in [2.45, 2.75) is 63.0 Å². The van der Waals surface area contributed by atoms with Crippen LogP contribution in [0.2, 0.25) is 0 Å². The summed E-state index contributed by atoms with van der Waals surface area (Å²) >= 11 is 1.74. The maximum Gasteiger partial charge on any atom is 0.369 e. The minimum Gasteiger partial charge on any atom is -0.309 e. The highest BCUT2D eigenvalue weighted by atomic mass is 32.3.